The molecule has 0 aromatic carbocycles. The van der Waals surface area contributed by atoms with Gasteiger partial charge in [-0.2, -0.15) is 9.64 Å². The molecule has 0 bridgehead atoms. The van der Waals surface area contributed by atoms with Crippen LogP contribution >= 0.6 is 23.3 Å². The summed E-state index contributed by atoms with van der Waals surface area (Å²) in [6.07, 6.45) is 4.11. The molecule has 0 spiro atoms. The normalized spacial score (nSPS) is 27.4. The summed E-state index contributed by atoms with van der Waals surface area (Å²) in [7, 11) is 0. The second-order valence-electron chi connectivity index (χ2n) is 5.44. The van der Waals surface area contributed by atoms with Gasteiger partial charge in [-0.1, -0.05) is 11.8 Å². The highest BCUT2D eigenvalue weighted by atomic mass is 32.2. The maximum atomic E-state index is 9.53. The van der Waals surface area contributed by atoms with Crippen LogP contribution in [0.2, 0.25) is 0 Å². The van der Waals surface area contributed by atoms with E-state index in [0.717, 1.165) is 35.8 Å². The van der Waals surface area contributed by atoms with Crippen LogP contribution in [-0.2, 0) is 0 Å². The van der Waals surface area contributed by atoms with Crippen LogP contribution in [0.15, 0.2) is 4.34 Å². The summed E-state index contributed by atoms with van der Waals surface area (Å²) >= 11 is 3.25. The number of aromatic nitrogens is 2. The van der Waals surface area contributed by atoms with Gasteiger partial charge in [-0.3, -0.25) is 5.32 Å². The van der Waals surface area contributed by atoms with E-state index in [-0.39, 0.29) is 5.54 Å². The molecule has 2 atom stereocenters. The first-order valence-electron chi connectivity index (χ1n) is 6.69. The van der Waals surface area contributed by atoms with Crippen molar-refractivity contribution in [3.05, 3.63) is 5.82 Å². The van der Waals surface area contributed by atoms with Crippen molar-refractivity contribution in [2.45, 2.75) is 67.6 Å². The largest absolute Gasteiger partial charge is 0.297 e. The molecular formula is C13H20N4S2. The van der Waals surface area contributed by atoms with Crippen molar-refractivity contribution in [2.24, 2.45) is 0 Å². The molecule has 6 heteroatoms. The predicted molar refractivity (Wildman–Crippen MR) is 79.4 cm³/mol. The molecule has 4 nitrogen and oxygen atoms in total. The van der Waals surface area contributed by atoms with Crippen molar-refractivity contribution in [3.63, 3.8) is 0 Å². The SMILES string of the molecule is Cc1nsc(SC2CCCC(C#N)(NC(C)C)C2)n1. The van der Waals surface area contributed by atoms with E-state index >= 15 is 0 Å². The molecule has 1 aromatic heterocycles. The number of nitrogens with one attached hydrogen (secondary N) is 1. The van der Waals surface area contributed by atoms with E-state index in [1.807, 2.05) is 6.92 Å². The fourth-order valence-electron chi connectivity index (χ4n) is 2.61. The average molecular weight is 296 g/mol. The van der Waals surface area contributed by atoms with E-state index in [0.29, 0.717) is 11.3 Å². The second kappa shape index (κ2) is 6.21. The predicted octanol–water partition coefficient (Wildman–Crippen LogP) is 3.14. The number of hydrogen-bond donors (Lipinski definition) is 1. The molecule has 1 fully saturated rings. The molecule has 0 aliphatic heterocycles. The molecule has 2 rings (SSSR count). The Balaban J connectivity index is 2.02. The Labute approximate surface area is 123 Å². The van der Waals surface area contributed by atoms with Gasteiger partial charge in [-0.25, -0.2) is 4.98 Å². The molecule has 2 unspecified atom stereocenters. The van der Waals surface area contributed by atoms with E-state index in [9.17, 15) is 5.26 Å². The third kappa shape index (κ3) is 3.91. The maximum Gasteiger partial charge on any atom is 0.170 e. The first-order chi connectivity index (χ1) is 9.03. The van der Waals surface area contributed by atoms with Crippen LogP contribution in [0.4, 0.5) is 0 Å². The number of nitriles is 1. The first kappa shape index (κ1) is 14.8. The molecule has 19 heavy (non-hydrogen) atoms. The van der Waals surface area contributed by atoms with Crippen LogP contribution in [0.1, 0.15) is 45.4 Å². The lowest BCUT2D eigenvalue weighted by atomic mass is 9.82. The van der Waals surface area contributed by atoms with Crippen molar-refractivity contribution in [1.82, 2.24) is 14.7 Å². The minimum absolute atomic E-state index is 0.340. The van der Waals surface area contributed by atoms with Crippen molar-refractivity contribution in [3.8, 4) is 6.07 Å². The maximum absolute atomic E-state index is 9.53. The molecule has 1 saturated carbocycles. The zero-order valence-electron chi connectivity index (χ0n) is 11.6. The van der Waals surface area contributed by atoms with E-state index in [2.05, 4.69) is 34.6 Å². The number of aryl methyl sites for hydroxylation is 1. The Bertz CT molecular complexity index is 465. The smallest absolute Gasteiger partial charge is 0.170 e. The third-order valence-electron chi connectivity index (χ3n) is 3.26. The summed E-state index contributed by atoms with van der Waals surface area (Å²) in [4.78, 5) is 4.41. The van der Waals surface area contributed by atoms with E-state index in [1.54, 1.807) is 11.8 Å². The summed E-state index contributed by atoms with van der Waals surface area (Å²) < 4.78 is 5.24. The molecule has 1 heterocycles. The fourth-order valence-corrected chi connectivity index (χ4v) is 4.85. The first-order valence-corrected chi connectivity index (χ1v) is 8.34. The van der Waals surface area contributed by atoms with E-state index in [1.165, 1.54) is 11.5 Å². The summed E-state index contributed by atoms with van der Waals surface area (Å²) in [5, 5.41) is 13.5. The minimum atomic E-state index is -0.357. The Kier molecular flexibility index (Phi) is 4.82. The Morgan fingerprint density at radius 1 is 1.58 bits per heavy atom. The van der Waals surface area contributed by atoms with Gasteiger partial charge in [-0.05, 0) is 58.0 Å². The van der Waals surface area contributed by atoms with E-state index < -0.39 is 0 Å². The Hall–Kier alpha value is -0.640. The summed E-state index contributed by atoms with van der Waals surface area (Å²) in [6, 6.07) is 2.85. The lowest BCUT2D eigenvalue weighted by molar-refractivity contribution is 0.284. The van der Waals surface area contributed by atoms with Crippen molar-refractivity contribution in [2.75, 3.05) is 0 Å². The standard InChI is InChI=1S/C13H20N4S2/c1-9(2)16-13(8-14)6-4-5-11(7-13)18-12-15-10(3)17-19-12/h9,11,16H,4-7H2,1-3H3. The number of rotatable bonds is 4. The second-order valence-corrected chi connectivity index (χ2v) is 7.74. The van der Waals surface area contributed by atoms with Crippen LogP contribution in [0.25, 0.3) is 0 Å². The zero-order valence-corrected chi connectivity index (χ0v) is 13.3. The fraction of sp³-hybridized carbons (Fsp3) is 0.769. The molecule has 1 aromatic rings. The number of nitrogens with zero attached hydrogens (tertiary/aromatic N) is 3. The monoisotopic (exact) mass is 296 g/mol. The van der Waals surface area contributed by atoms with Gasteiger partial charge in [0.2, 0.25) is 0 Å². The molecule has 0 radical (unpaired) electrons. The highest BCUT2D eigenvalue weighted by Gasteiger charge is 2.37. The minimum Gasteiger partial charge on any atom is -0.297 e. The molecular weight excluding hydrogens is 276 g/mol. The average Bonchev–Trinajstić information content (AvgIpc) is 2.74. The van der Waals surface area contributed by atoms with Gasteiger partial charge in [0.05, 0.1) is 6.07 Å². The lowest BCUT2D eigenvalue weighted by Crippen LogP contribution is -2.51. The van der Waals surface area contributed by atoms with Gasteiger partial charge in [0.1, 0.15) is 11.4 Å². The van der Waals surface area contributed by atoms with Crippen molar-refractivity contribution < 1.29 is 0 Å². The van der Waals surface area contributed by atoms with Gasteiger partial charge < -0.3 is 0 Å². The highest BCUT2D eigenvalue weighted by Crippen LogP contribution is 2.38. The number of hydrogen-bond acceptors (Lipinski definition) is 6. The lowest BCUT2D eigenvalue weighted by Gasteiger charge is -2.37. The number of thioether (sulfide) groups is 1. The summed E-state index contributed by atoms with van der Waals surface area (Å²) in [5.74, 6) is 0.843. The molecule has 104 valence electrons. The zero-order chi connectivity index (χ0) is 13.9. The third-order valence-corrected chi connectivity index (χ3v) is 5.41. The quantitative estimate of drug-likeness (QED) is 0.925. The van der Waals surface area contributed by atoms with Crippen LogP contribution in [0.5, 0.6) is 0 Å². The highest BCUT2D eigenvalue weighted by molar-refractivity contribution is 8.01. The summed E-state index contributed by atoms with van der Waals surface area (Å²) in [5.41, 5.74) is -0.357. The van der Waals surface area contributed by atoms with Crippen molar-refractivity contribution >= 4 is 23.3 Å². The van der Waals surface area contributed by atoms with Crippen LogP contribution < -0.4 is 5.32 Å². The van der Waals surface area contributed by atoms with Gasteiger partial charge in [0.15, 0.2) is 4.34 Å². The topological polar surface area (TPSA) is 61.6 Å². The van der Waals surface area contributed by atoms with Crippen LogP contribution in [0, 0.1) is 18.3 Å². The van der Waals surface area contributed by atoms with Crippen molar-refractivity contribution in [1.29, 1.82) is 5.26 Å². The molecule has 0 saturated heterocycles. The molecule has 1 aliphatic carbocycles. The summed E-state index contributed by atoms with van der Waals surface area (Å²) in [6.45, 7) is 6.12. The Morgan fingerprint density at radius 3 is 2.95 bits per heavy atom. The van der Waals surface area contributed by atoms with Crippen LogP contribution in [0.3, 0.4) is 0 Å². The van der Waals surface area contributed by atoms with E-state index in [4.69, 9.17) is 0 Å². The van der Waals surface area contributed by atoms with Gasteiger partial charge in [0, 0.05) is 11.3 Å². The molecule has 1 N–H and O–H groups in total. The molecule has 0 amide bonds. The molecule has 1 aliphatic rings. The van der Waals surface area contributed by atoms with Gasteiger partial charge in [-0.15, -0.1) is 0 Å². The van der Waals surface area contributed by atoms with Gasteiger partial charge >= 0.3 is 0 Å². The van der Waals surface area contributed by atoms with Crippen LogP contribution in [-0.4, -0.2) is 26.2 Å². The Morgan fingerprint density at radius 2 is 2.37 bits per heavy atom. The van der Waals surface area contributed by atoms with Gasteiger partial charge in [0.25, 0.3) is 0 Å².